The maximum atomic E-state index is 12.3. The Morgan fingerprint density at radius 2 is 2.14 bits per heavy atom. The van der Waals surface area contributed by atoms with Gasteiger partial charge in [0.05, 0.1) is 0 Å². The van der Waals surface area contributed by atoms with E-state index in [9.17, 15) is 14.4 Å². The van der Waals surface area contributed by atoms with E-state index < -0.39 is 11.9 Å². The molecule has 0 spiro atoms. The molecule has 1 N–H and O–H groups in total. The standard InChI is InChI=1S/C16H20N2O3/c1-3-13-16(21)17-14(19)10-18(13)15(20)8-7-12-6-4-5-11(2)9-12/h4-6,9,13H,3,7-8,10H2,1-2H3,(H,17,19,21). The highest BCUT2D eigenvalue weighted by atomic mass is 16.2. The summed E-state index contributed by atoms with van der Waals surface area (Å²) in [4.78, 5) is 36.9. The first-order chi connectivity index (χ1) is 10.0. The van der Waals surface area contributed by atoms with Gasteiger partial charge in [-0.3, -0.25) is 19.7 Å². The van der Waals surface area contributed by atoms with Gasteiger partial charge in [-0.25, -0.2) is 0 Å². The number of piperazine rings is 1. The Bertz CT molecular complexity index is 568. The lowest BCUT2D eigenvalue weighted by Gasteiger charge is -2.33. The smallest absolute Gasteiger partial charge is 0.249 e. The molecule has 1 aromatic rings. The maximum Gasteiger partial charge on any atom is 0.249 e. The summed E-state index contributed by atoms with van der Waals surface area (Å²) in [5, 5.41) is 2.27. The number of carbonyl (C=O) groups excluding carboxylic acids is 3. The van der Waals surface area contributed by atoms with Gasteiger partial charge in [0.1, 0.15) is 12.6 Å². The van der Waals surface area contributed by atoms with Crippen LogP contribution in [-0.2, 0) is 20.8 Å². The molecule has 0 saturated carbocycles. The van der Waals surface area contributed by atoms with Crippen LogP contribution in [-0.4, -0.2) is 35.2 Å². The molecule has 1 aliphatic rings. The lowest BCUT2D eigenvalue weighted by atomic mass is 10.0. The van der Waals surface area contributed by atoms with Crippen molar-refractivity contribution < 1.29 is 14.4 Å². The Balaban J connectivity index is 2.01. The molecule has 5 nitrogen and oxygen atoms in total. The predicted molar refractivity (Wildman–Crippen MR) is 78.4 cm³/mol. The Hall–Kier alpha value is -2.17. The molecule has 112 valence electrons. The molecule has 21 heavy (non-hydrogen) atoms. The fourth-order valence-electron chi connectivity index (χ4n) is 2.60. The highest BCUT2D eigenvalue weighted by molar-refractivity contribution is 6.04. The van der Waals surface area contributed by atoms with Crippen LogP contribution in [0.3, 0.4) is 0 Å². The summed E-state index contributed by atoms with van der Waals surface area (Å²) in [5.74, 6) is -0.933. The molecule has 1 atom stereocenters. The van der Waals surface area contributed by atoms with E-state index in [1.165, 1.54) is 4.90 Å². The quantitative estimate of drug-likeness (QED) is 0.846. The highest BCUT2D eigenvalue weighted by Gasteiger charge is 2.34. The molecule has 3 amide bonds. The lowest BCUT2D eigenvalue weighted by Crippen LogP contribution is -2.59. The number of benzene rings is 1. The summed E-state index contributed by atoms with van der Waals surface area (Å²) in [6.07, 6.45) is 1.43. The molecular formula is C16H20N2O3. The average molecular weight is 288 g/mol. The molecule has 1 aliphatic heterocycles. The second-order valence-electron chi connectivity index (χ2n) is 5.35. The van der Waals surface area contributed by atoms with Crippen LogP contribution in [0.4, 0.5) is 0 Å². The van der Waals surface area contributed by atoms with Crippen LogP contribution in [0.25, 0.3) is 0 Å². The van der Waals surface area contributed by atoms with Crippen molar-refractivity contribution in [2.75, 3.05) is 6.54 Å². The molecule has 2 rings (SSSR count). The molecular weight excluding hydrogens is 268 g/mol. The van der Waals surface area contributed by atoms with Gasteiger partial charge in [-0.15, -0.1) is 0 Å². The van der Waals surface area contributed by atoms with Crippen LogP contribution in [0.2, 0.25) is 0 Å². The zero-order valence-electron chi connectivity index (χ0n) is 12.4. The number of hydrogen-bond donors (Lipinski definition) is 1. The number of nitrogens with zero attached hydrogens (tertiary/aromatic N) is 1. The number of carbonyl (C=O) groups is 3. The van der Waals surface area contributed by atoms with Gasteiger partial charge in [0.2, 0.25) is 17.7 Å². The Morgan fingerprint density at radius 1 is 1.38 bits per heavy atom. The van der Waals surface area contributed by atoms with Gasteiger partial charge in [0.25, 0.3) is 0 Å². The average Bonchev–Trinajstić information content (AvgIpc) is 2.44. The largest absolute Gasteiger partial charge is 0.321 e. The van der Waals surface area contributed by atoms with Gasteiger partial charge in [-0.1, -0.05) is 36.8 Å². The normalized spacial score (nSPS) is 18.6. The molecule has 5 heteroatoms. The zero-order valence-corrected chi connectivity index (χ0v) is 12.4. The number of rotatable bonds is 4. The molecule has 1 unspecified atom stereocenters. The fourth-order valence-corrected chi connectivity index (χ4v) is 2.60. The van der Waals surface area contributed by atoms with E-state index in [4.69, 9.17) is 0 Å². The van der Waals surface area contributed by atoms with Crippen LogP contribution in [0, 0.1) is 6.92 Å². The molecule has 1 aromatic carbocycles. The van der Waals surface area contributed by atoms with Crippen LogP contribution in [0.5, 0.6) is 0 Å². The minimum atomic E-state index is -0.535. The van der Waals surface area contributed by atoms with Crippen molar-refractivity contribution in [2.45, 2.75) is 39.2 Å². The molecule has 1 heterocycles. The molecule has 1 fully saturated rings. The van der Waals surface area contributed by atoms with Crippen molar-refractivity contribution in [3.05, 3.63) is 35.4 Å². The Kier molecular flexibility index (Phi) is 4.73. The lowest BCUT2D eigenvalue weighted by molar-refractivity contribution is -0.150. The summed E-state index contributed by atoms with van der Waals surface area (Å²) < 4.78 is 0. The summed E-state index contributed by atoms with van der Waals surface area (Å²) in [7, 11) is 0. The molecule has 1 saturated heterocycles. The van der Waals surface area contributed by atoms with E-state index in [0.29, 0.717) is 19.3 Å². The van der Waals surface area contributed by atoms with E-state index >= 15 is 0 Å². The Labute approximate surface area is 124 Å². The van der Waals surface area contributed by atoms with Crippen molar-refractivity contribution in [3.8, 4) is 0 Å². The van der Waals surface area contributed by atoms with E-state index in [-0.39, 0.29) is 18.4 Å². The summed E-state index contributed by atoms with van der Waals surface area (Å²) in [6, 6.07) is 7.45. The van der Waals surface area contributed by atoms with Crippen molar-refractivity contribution in [1.29, 1.82) is 0 Å². The topological polar surface area (TPSA) is 66.5 Å². The van der Waals surface area contributed by atoms with Gasteiger partial charge in [-0.2, -0.15) is 0 Å². The van der Waals surface area contributed by atoms with Gasteiger partial charge in [0, 0.05) is 6.42 Å². The van der Waals surface area contributed by atoms with Crippen LogP contribution in [0.15, 0.2) is 24.3 Å². The first kappa shape index (κ1) is 15.2. The fraction of sp³-hybridized carbons (Fsp3) is 0.438. The van der Waals surface area contributed by atoms with Gasteiger partial charge < -0.3 is 4.90 Å². The molecule has 0 aliphatic carbocycles. The minimum absolute atomic E-state index is 0.0309. The summed E-state index contributed by atoms with van der Waals surface area (Å²) in [5.41, 5.74) is 2.24. The molecule has 0 radical (unpaired) electrons. The third-order valence-corrected chi connectivity index (χ3v) is 3.67. The number of nitrogens with one attached hydrogen (secondary N) is 1. The summed E-state index contributed by atoms with van der Waals surface area (Å²) >= 11 is 0. The highest BCUT2D eigenvalue weighted by Crippen LogP contribution is 2.13. The number of imide groups is 1. The third-order valence-electron chi connectivity index (χ3n) is 3.67. The van der Waals surface area contributed by atoms with E-state index in [2.05, 4.69) is 5.32 Å². The zero-order chi connectivity index (χ0) is 15.4. The number of hydrogen-bond acceptors (Lipinski definition) is 3. The van der Waals surface area contributed by atoms with Crippen molar-refractivity contribution in [3.63, 3.8) is 0 Å². The van der Waals surface area contributed by atoms with Crippen molar-refractivity contribution in [1.82, 2.24) is 10.2 Å². The van der Waals surface area contributed by atoms with Gasteiger partial charge >= 0.3 is 0 Å². The minimum Gasteiger partial charge on any atom is -0.321 e. The van der Waals surface area contributed by atoms with E-state index in [1.54, 1.807) is 0 Å². The SMILES string of the molecule is CCC1C(=O)NC(=O)CN1C(=O)CCc1cccc(C)c1. The predicted octanol–water partition coefficient (Wildman–Crippen LogP) is 1.19. The molecule has 0 aromatic heterocycles. The second kappa shape index (κ2) is 6.52. The van der Waals surface area contributed by atoms with Crippen LogP contribution in [0.1, 0.15) is 30.9 Å². The van der Waals surface area contributed by atoms with E-state index in [0.717, 1.165) is 11.1 Å². The van der Waals surface area contributed by atoms with Crippen LogP contribution >= 0.6 is 0 Å². The number of aryl methyl sites for hydroxylation is 2. The first-order valence-corrected chi connectivity index (χ1v) is 7.20. The summed E-state index contributed by atoms with van der Waals surface area (Å²) in [6.45, 7) is 3.81. The number of amides is 3. The van der Waals surface area contributed by atoms with Gasteiger partial charge in [-0.05, 0) is 25.3 Å². The van der Waals surface area contributed by atoms with Crippen molar-refractivity contribution >= 4 is 17.7 Å². The van der Waals surface area contributed by atoms with E-state index in [1.807, 2.05) is 38.1 Å². The Morgan fingerprint density at radius 3 is 2.81 bits per heavy atom. The van der Waals surface area contributed by atoms with Crippen LogP contribution < -0.4 is 5.32 Å². The van der Waals surface area contributed by atoms with Gasteiger partial charge in [0.15, 0.2) is 0 Å². The monoisotopic (exact) mass is 288 g/mol. The molecule has 0 bridgehead atoms. The first-order valence-electron chi connectivity index (χ1n) is 7.20. The van der Waals surface area contributed by atoms with Crippen molar-refractivity contribution in [2.24, 2.45) is 0 Å². The maximum absolute atomic E-state index is 12.3. The second-order valence-corrected chi connectivity index (χ2v) is 5.35. The third kappa shape index (κ3) is 3.68.